The lowest BCUT2D eigenvalue weighted by Crippen LogP contribution is -2.43. The van der Waals surface area contributed by atoms with E-state index in [4.69, 9.17) is 4.74 Å². The maximum absolute atomic E-state index is 12.2. The zero-order valence-corrected chi connectivity index (χ0v) is 15.4. The maximum atomic E-state index is 12.2. The zero-order valence-electron chi connectivity index (χ0n) is 14.6. The van der Waals surface area contributed by atoms with Gasteiger partial charge < -0.3 is 4.74 Å². The van der Waals surface area contributed by atoms with E-state index >= 15 is 0 Å². The lowest BCUT2D eigenvalue weighted by Gasteiger charge is -2.08. The van der Waals surface area contributed by atoms with Crippen LogP contribution in [0.5, 0.6) is 0 Å². The number of nitrogens with one attached hydrogen (secondary N) is 2. The number of fused-ring (bicyclic) bond motifs is 1. The Kier molecular flexibility index (Phi) is 6.12. The Labute approximate surface area is 162 Å². The van der Waals surface area contributed by atoms with Crippen LogP contribution in [0.25, 0.3) is 10.2 Å². The molecule has 28 heavy (non-hydrogen) atoms. The number of aromatic nitrogens is 2. The molecule has 0 saturated carbocycles. The summed E-state index contributed by atoms with van der Waals surface area (Å²) in [5.74, 6) is -1.83. The van der Waals surface area contributed by atoms with Gasteiger partial charge in [-0.25, -0.2) is 4.98 Å². The van der Waals surface area contributed by atoms with E-state index in [0.29, 0.717) is 15.8 Å². The van der Waals surface area contributed by atoms with Crippen molar-refractivity contribution < 1.29 is 19.1 Å². The summed E-state index contributed by atoms with van der Waals surface area (Å²) >= 11 is 1.36. The highest BCUT2D eigenvalue weighted by atomic mass is 32.1. The van der Waals surface area contributed by atoms with Crippen LogP contribution in [0.3, 0.4) is 0 Å². The SMILES string of the molecule is O=C(COC(=O)CCn1cnc2sccc2c1=O)NNC(=O)c1ccccc1. The van der Waals surface area contributed by atoms with Gasteiger partial charge in [-0.3, -0.25) is 34.6 Å². The normalized spacial score (nSPS) is 10.4. The molecule has 0 radical (unpaired) electrons. The molecule has 0 unspecified atom stereocenters. The van der Waals surface area contributed by atoms with Crippen molar-refractivity contribution in [3.8, 4) is 0 Å². The molecule has 0 spiro atoms. The Morgan fingerprint density at radius 3 is 2.68 bits per heavy atom. The second-order valence-corrected chi connectivity index (χ2v) is 6.56. The van der Waals surface area contributed by atoms with Crippen molar-refractivity contribution in [2.24, 2.45) is 0 Å². The van der Waals surface area contributed by atoms with Crippen LogP contribution in [-0.2, 0) is 20.9 Å². The molecule has 3 aromatic rings. The summed E-state index contributed by atoms with van der Waals surface area (Å²) in [6.45, 7) is -0.465. The summed E-state index contributed by atoms with van der Waals surface area (Å²) in [5, 5.41) is 2.27. The number of rotatable bonds is 6. The molecule has 2 heterocycles. The first-order valence-electron chi connectivity index (χ1n) is 8.27. The molecule has 10 heteroatoms. The molecule has 144 valence electrons. The van der Waals surface area contributed by atoms with Crippen molar-refractivity contribution in [2.45, 2.75) is 13.0 Å². The van der Waals surface area contributed by atoms with E-state index in [-0.39, 0.29) is 18.5 Å². The summed E-state index contributed by atoms with van der Waals surface area (Å²) in [7, 11) is 0. The van der Waals surface area contributed by atoms with Gasteiger partial charge in [-0.05, 0) is 23.6 Å². The van der Waals surface area contributed by atoms with E-state index in [0.717, 1.165) is 0 Å². The van der Waals surface area contributed by atoms with E-state index in [1.165, 1.54) is 22.2 Å². The minimum Gasteiger partial charge on any atom is -0.455 e. The summed E-state index contributed by atoms with van der Waals surface area (Å²) in [6, 6.07) is 10.00. The average Bonchev–Trinajstić information content (AvgIpc) is 3.20. The summed E-state index contributed by atoms with van der Waals surface area (Å²) in [4.78, 5) is 52.2. The summed E-state index contributed by atoms with van der Waals surface area (Å²) in [6.07, 6.45) is 1.28. The first-order valence-corrected chi connectivity index (χ1v) is 9.15. The zero-order chi connectivity index (χ0) is 19.9. The Balaban J connectivity index is 1.41. The van der Waals surface area contributed by atoms with E-state index in [9.17, 15) is 19.2 Å². The highest BCUT2D eigenvalue weighted by Gasteiger charge is 2.11. The molecule has 0 atom stereocenters. The summed E-state index contributed by atoms with van der Waals surface area (Å²) in [5.41, 5.74) is 4.52. The van der Waals surface area contributed by atoms with E-state index in [2.05, 4.69) is 15.8 Å². The first kappa shape index (κ1) is 19.2. The second-order valence-electron chi connectivity index (χ2n) is 5.66. The molecule has 0 aliphatic carbocycles. The van der Waals surface area contributed by atoms with Crippen molar-refractivity contribution in [3.05, 3.63) is 64.0 Å². The van der Waals surface area contributed by atoms with Crippen molar-refractivity contribution >= 4 is 39.3 Å². The highest BCUT2D eigenvalue weighted by molar-refractivity contribution is 7.16. The number of esters is 1. The predicted molar refractivity (Wildman–Crippen MR) is 102 cm³/mol. The number of hydrazine groups is 1. The van der Waals surface area contributed by atoms with Crippen LogP contribution >= 0.6 is 11.3 Å². The lowest BCUT2D eigenvalue weighted by atomic mass is 10.2. The second kappa shape index (κ2) is 8.91. The molecule has 3 rings (SSSR count). The molecule has 0 aliphatic rings. The Morgan fingerprint density at radius 2 is 1.89 bits per heavy atom. The number of thiophene rings is 1. The molecule has 1 aromatic carbocycles. The Hall–Kier alpha value is -3.53. The van der Waals surface area contributed by atoms with Gasteiger partial charge in [0.15, 0.2) is 6.61 Å². The number of carbonyl (C=O) groups excluding carboxylic acids is 3. The minimum absolute atomic E-state index is 0.0861. The van der Waals surface area contributed by atoms with Crippen molar-refractivity contribution in [1.82, 2.24) is 20.4 Å². The lowest BCUT2D eigenvalue weighted by molar-refractivity contribution is -0.148. The molecule has 2 aromatic heterocycles. The Morgan fingerprint density at radius 1 is 1.11 bits per heavy atom. The number of hydrogen-bond acceptors (Lipinski definition) is 7. The standard InChI is InChI=1S/C18H16N4O5S/c23-14(20-21-16(25)12-4-2-1-3-5-12)10-27-15(24)6-8-22-11-19-17-13(18(22)26)7-9-28-17/h1-5,7,9,11H,6,8,10H2,(H,20,23)(H,21,25). The fourth-order valence-electron chi connectivity index (χ4n) is 2.31. The average molecular weight is 400 g/mol. The molecule has 0 saturated heterocycles. The third-order valence-electron chi connectivity index (χ3n) is 3.72. The number of benzene rings is 1. The molecule has 2 N–H and O–H groups in total. The van der Waals surface area contributed by atoms with Gasteiger partial charge in [0.2, 0.25) is 0 Å². The van der Waals surface area contributed by atoms with Gasteiger partial charge >= 0.3 is 5.97 Å². The third-order valence-corrected chi connectivity index (χ3v) is 4.54. The number of nitrogens with zero attached hydrogens (tertiary/aromatic N) is 2. The smallest absolute Gasteiger partial charge is 0.308 e. The van der Waals surface area contributed by atoms with Crippen molar-refractivity contribution in [3.63, 3.8) is 0 Å². The maximum Gasteiger partial charge on any atom is 0.308 e. The van der Waals surface area contributed by atoms with Gasteiger partial charge in [-0.2, -0.15) is 0 Å². The fourth-order valence-corrected chi connectivity index (χ4v) is 3.03. The van der Waals surface area contributed by atoms with Crippen molar-refractivity contribution in [1.29, 1.82) is 0 Å². The van der Waals surface area contributed by atoms with Gasteiger partial charge in [0.25, 0.3) is 17.4 Å². The van der Waals surface area contributed by atoms with E-state index < -0.39 is 24.4 Å². The number of hydrogen-bond donors (Lipinski definition) is 2. The van der Waals surface area contributed by atoms with Gasteiger partial charge in [-0.15, -0.1) is 11.3 Å². The highest BCUT2D eigenvalue weighted by Crippen LogP contribution is 2.13. The monoisotopic (exact) mass is 400 g/mol. The fraction of sp³-hybridized carbons (Fsp3) is 0.167. The molecule has 0 fully saturated rings. The van der Waals surface area contributed by atoms with E-state index in [1.807, 2.05) is 0 Å². The number of ether oxygens (including phenoxy) is 1. The van der Waals surface area contributed by atoms with Crippen LogP contribution in [0, 0.1) is 0 Å². The first-order chi connectivity index (χ1) is 13.5. The number of aryl methyl sites for hydroxylation is 1. The predicted octanol–water partition coefficient (Wildman–Crippen LogP) is 0.852. The van der Waals surface area contributed by atoms with Crippen LogP contribution in [0.4, 0.5) is 0 Å². The quantitative estimate of drug-likeness (QED) is 0.468. The molecule has 0 bridgehead atoms. The molecular formula is C18H16N4O5S. The van der Waals surface area contributed by atoms with Crippen LogP contribution in [0.1, 0.15) is 16.8 Å². The molecular weight excluding hydrogens is 384 g/mol. The van der Waals surface area contributed by atoms with E-state index in [1.54, 1.807) is 41.8 Å². The molecule has 9 nitrogen and oxygen atoms in total. The molecule has 0 aliphatic heterocycles. The van der Waals surface area contributed by atoms with Gasteiger partial charge in [-0.1, -0.05) is 18.2 Å². The van der Waals surface area contributed by atoms with Gasteiger partial charge in [0, 0.05) is 12.1 Å². The van der Waals surface area contributed by atoms with Gasteiger partial charge in [0.1, 0.15) is 4.83 Å². The number of carbonyl (C=O) groups is 3. The van der Waals surface area contributed by atoms with Crippen LogP contribution in [0.2, 0.25) is 0 Å². The van der Waals surface area contributed by atoms with Gasteiger partial charge in [0.05, 0.1) is 18.1 Å². The van der Waals surface area contributed by atoms with Crippen LogP contribution in [-0.4, -0.2) is 33.9 Å². The van der Waals surface area contributed by atoms with Crippen LogP contribution in [0.15, 0.2) is 52.9 Å². The minimum atomic E-state index is -0.684. The summed E-state index contributed by atoms with van der Waals surface area (Å²) < 4.78 is 6.16. The third kappa shape index (κ3) is 4.80. The van der Waals surface area contributed by atoms with Crippen LogP contribution < -0.4 is 16.4 Å². The molecule has 2 amide bonds. The van der Waals surface area contributed by atoms with Crippen molar-refractivity contribution in [2.75, 3.05) is 6.61 Å². The Bertz CT molecular complexity index is 1060. The topological polar surface area (TPSA) is 119 Å². The largest absolute Gasteiger partial charge is 0.455 e. The number of amides is 2.